The fraction of sp³-hybridized carbons (Fsp3) is 0.421. The van der Waals surface area contributed by atoms with E-state index in [0.29, 0.717) is 21.2 Å². The van der Waals surface area contributed by atoms with Gasteiger partial charge in [0, 0.05) is 16.5 Å². The van der Waals surface area contributed by atoms with Crippen LogP contribution in [0.1, 0.15) is 38.0 Å². The van der Waals surface area contributed by atoms with Gasteiger partial charge in [0.2, 0.25) is 11.8 Å². The average Bonchev–Trinajstić information content (AvgIpc) is 2.59. The van der Waals surface area contributed by atoms with Crippen LogP contribution >= 0.6 is 0 Å². The third-order valence-electron chi connectivity index (χ3n) is 3.88. The van der Waals surface area contributed by atoms with Crippen molar-refractivity contribution >= 4 is 10.8 Å². The lowest BCUT2D eigenvalue weighted by molar-refractivity contribution is 0.0595. The Morgan fingerprint density at radius 1 is 1.12 bits per heavy atom. The minimum atomic E-state index is -1.55. The normalized spacial score (nSPS) is 14.0. The first-order valence-corrected chi connectivity index (χ1v) is 9.13. The minimum absolute atomic E-state index is 0.191. The number of hydrogen-bond acceptors (Lipinski definition) is 5. The van der Waals surface area contributed by atoms with Gasteiger partial charge < -0.3 is 14.6 Å². The van der Waals surface area contributed by atoms with Crippen LogP contribution in [0.2, 0.25) is 0 Å². The predicted octanol–water partition coefficient (Wildman–Crippen LogP) is 3.65. The van der Waals surface area contributed by atoms with Crippen molar-refractivity contribution in [3.8, 4) is 11.8 Å². The molecule has 25 heavy (non-hydrogen) atoms. The fourth-order valence-corrected chi connectivity index (χ4v) is 3.67. The van der Waals surface area contributed by atoms with Crippen LogP contribution in [-0.2, 0) is 10.8 Å². The van der Waals surface area contributed by atoms with Crippen LogP contribution in [0, 0.1) is 12.3 Å². The molecule has 0 aliphatic heterocycles. The van der Waals surface area contributed by atoms with Crippen LogP contribution in [-0.4, -0.2) is 28.5 Å². The Balaban J connectivity index is 2.69. The zero-order valence-electron chi connectivity index (χ0n) is 15.5. The van der Waals surface area contributed by atoms with Gasteiger partial charge in [-0.05, 0) is 24.5 Å². The number of nitrogens with zero attached hydrogens (tertiary/aromatic N) is 1. The summed E-state index contributed by atoms with van der Waals surface area (Å²) in [7, 11) is 1.41. The molecular formula is C19H25NO4S. The highest BCUT2D eigenvalue weighted by atomic mass is 32.2. The number of aliphatic hydroxyl groups is 1. The van der Waals surface area contributed by atoms with Crippen LogP contribution in [0.25, 0.3) is 0 Å². The zero-order valence-corrected chi connectivity index (χ0v) is 16.3. The van der Waals surface area contributed by atoms with Gasteiger partial charge in [-0.3, -0.25) is 0 Å². The van der Waals surface area contributed by atoms with Gasteiger partial charge in [0.05, 0.1) is 31.1 Å². The van der Waals surface area contributed by atoms with Crippen molar-refractivity contribution in [2.75, 3.05) is 14.2 Å². The Morgan fingerprint density at radius 3 is 2.20 bits per heavy atom. The zero-order chi connectivity index (χ0) is 18.8. The summed E-state index contributed by atoms with van der Waals surface area (Å²) in [6.07, 6.45) is -0.859. The first kappa shape index (κ1) is 19.4. The van der Waals surface area contributed by atoms with Crippen LogP contribution in [0.4, 0.5) is 0 Å². The predicted molar refractivity (Wildman–Crippen MR) is 97.6 cm³/mol. The second kappa shape index (κ2) is 7.54. The summed E-state index contributed by atoms with van der Waals surface area (Å²) in [5, 5.41) is 10.8. The quantitative estimate of drug-likeness (QED) is 0.878. The molecule has 0 aliphatic carbocycles. The molecule has 0 saturated carbocycles. The van der Waals surface area contributed by atoms with E-state index >= 15 is 0 Å². The molecule has 0 aliphatic rings. The number of ether oxygens (including phenoxy) is 2. The lowest BCUT2D eigenvalue weighted by Crippen LogP contribution is -2.20. The van der Waals surface area contributed by atoms with Crippen molar-refractivity contribution < 1.29 is 18.8 Å². The summed E-state index contributed by atoms with van der Waals surface area (Å²) in [5.74, 6) is 0.497. The molecule has 6 heteroatoms. The molecule has 2 aromatic rings. The van der Waals surface area contributed by atoms with E-state index in [1.54, 1.807) is 6.07 Å². The lowest BCUT2D eigenvalue weighted by Gasteiger charge is -2.28. The topological polar surface area (TPSA) is 68.7 Å². The van der Waals surface area contributed by atoms with Crippen molar-refractivity contribution in [1.82, 2.24) is 4.98 Å². The molecule has 0 amide bonds. The van der Waals surface area contributed by atoms with Gasteiger partial charge >= 0.3 is 0 Å². The third-order valence-corrected chi connectivity index (χ3v) is 5.37. The van der Waals surface area contributed by atoms with E-state index in [9.17, 15) is 9.32 Å². The number of benzene rings is 1. The highest BCUT2D eigenvalue weighted by molar-refractivity contribution is 7.85. The summed E-state index contributed by atoms with van der Waals surface area (Å²) in [5.41, 5.74) is 1.12. The van der Waals surface area contributed by atoms with Crippen molar-refractivity contribution in [3.05, 3.63) is 41.5 Å². The summed E-state index contributed by atoms with van der Waals surface area (Å²) in [4.78, 5) is 5.24. The maximum Gasteiger partial charge on any atom is 0.233 e. The molecule has 2 atom stereocenters. The molecule has 2 rings (SSSR count). The second-order valence-electron chi connectivity index (χ2n) is 6.94. The molecule has 0 bridgehead atoms. The van der Waals surface area contributed by atoms with Crippen LogP contribution in [0.15, 0.2) is 40.1 Å². The number of pyridine rings is 1. The second-order valence-corrected chi connectivity index (χ2v) is 8.36. The smallest absolute Gasteiger partial charge is 0.233 e. The van der Waals surface area contributed by atoms with E-state index in [2.05, 4.69) is 4.98 Å². The van der Waals surface area contributed by atoms with E-state index in [0.717, 1.165) is 5.56 Å². The minimum Gasteiger partial charge on any atom is -0.481 e. The standard InChI is InChI=1S/C19H25NO4S/c1-12-7-9-13(10-8-12)25(22)16-14(17(21)19(2,3)4)11-15(23-5)20-18(16)24-6/h7-11,17,21H,1-6H3/t17-,25-/m1/s1. The van der Waals surface area contributed by atoms with Gasteiger partial charge in [-0.1, -0.05) is 38.5 Å². The summed E-state index contributed by atoms with van der Waals surface area (Å²) >= 11 is 0. The van der Waals surface area contributed by atoms with Crippen molar-refractivity contribution in [1.29, 1.82) is 0 Å². The third kappa shape index (κ3) is 4.19. The number of hydrogen-bond donors (Lipinski definition) is 1. The Labute approximate surface area is 151 Å². The highest BCUT2D eigenvalue weighted by Crippen LogP contribution is 2.41. The molecule has 0 saturated heterocycles. The van der Waals surface area contributed by atoms with Crippen molar-refractivity contribution in [3.63, 3.8) is 0 Å². The van der Waals surface area contributed by atoms with Crippen molar-refractivity contribution in [2.24, 2.45) is 5.41 Å². The lowest BCUT2D eigenvalue weighted by atomic mass is 9.85. The fourth-order valence-electron chi connectivity index (χ4n) is 2.38. The molecule has 1 aromatic heterocycles. The maximum atomic E-state index is 13.2. The maximum absolute atomic E-state index is 13.2. The number of methoxy groups -OCH3 is 2. The molecule has 136 valence electrons. The van der Waals surface area contributed by atoms with Gasteiger partial charge in [0.15, 0.2) is 0 Å². The molecule has 5 nitrogen and oxygen atoms in total. The van der Waals surface area contributed by atoms with Crippen LogP contribution < -0.4 is 9.47 Å². The molecule has 1 heterocycles. The Morgan fingerprint density at radius 2 is 1.72 bits per heavy atom. The molecule has 0 unspecified atom stereocenters. The van der Waals surface area contributed by atoms with Crippen molar-refractivity contribution in [2.45, 2.75) is 43.6 Å². The monoisotopic (exact) mass is 363 g/mol. The molecule has 0 spiro atoms. The van der Waals surface area contributed by atoms with Gasteiger partial charge in [-0.2, -0.15) is 4.98 Å². The Kier molecular flexibility index (Phi) is 5.85. The summed E-state index contributed by atoms with van der Waals surface area (Å²) < 4.78 is 23.8. The Bertz CT molecular complexity index is 766. The van der Waals surface area contributed by atoms with Gasteiger partial charge in [0.25, 0.3) is 0 Å². The average molecular weight is 363 g/mol. The van der Waals surface area contributed by atoms with Gasteiger partial charge in [-0.15, -0.1) is 0 Å². The molecule has 1 N–H and O–H groups in total. The molecule has 1 aromatic carbocycles. The van der Waals surface area contributed by atoms with Crippen LogP contribution in [0.5, 0.6) is 11.8 Å². The largest absolute Gasteiger partial charge is 0.481 e. The first-order valence-electron chi connectivity index (χ1n) is 7.98. The number of aliphatic hydroxyl groups excluding tert-OH is 1. The van der Waals surface area contributed by atoms with E-state index in [1.807, 2.05) is 52.0 Å². The number of aromatic nitrogens is 1. The molecular weight excluding hydrogens is 338 g/mol. The van der Waals surface area contributed by atoms with Gasteiger partial charge in [0.1, 0.15) is 4.90 Å². The molecule has 0 radical (unpaired) electrons. The van der Waals surface area contributed by atoms with E-state index in [1.165, 1.54) is 14.2 Å². The van der Waals surface area contributed by atoms with Crippen LogP contribution in [0.3, 0.4) is 0 Å². The summed E-state index contributed by atoms with van der Waals surface area (Å²) in [6, 6.07) is 9.04. The number of aryl methyl sites for hydroxylation is 1. The highest BCUT2D eigenvalue weighted by Gasteiger charge is 2.31. The van der Waals surface area contributed by atoms with E-state index in [4.69, 9.17) is 9.47 Å². The molecule has 0 fully saturated rings. The summed E-state index contributed by atoms with van der Waals surface area (Å²) in [6.45, 7) is 7.71. The Hall–Kier alpha value is -1.92. The SMILES string of the molecule is COc1cc([C@@H](O)C(C)(C)C)c([S@](=O)c2ccc(C)cc2)c(OC)n1. The van der Waals surface area contributed by atoms with Gasteiger partial charge in [-0.25, -0.2) is 4.21 Å². The van der Waals surface area contributed by atoms with E-state index < -0.39 is 22.3 Å². The first-order chi connectivity index (χ1) is 11.7. The van der Waals surface area contributed by atoms with E-state index in [-0.39, 0.29) is 5.88 Å². The number of rotatable bonds is 5.